The van der Waals surface area contributed by atoms with Crippen molar-refractivity contribution in [2.45, 2.75) is 52.4 Å². The van der Waals surface area contributed by atoms with Crippen LogP contribution in [0.3, 0.4) is 0 Å². The summed E-state index contributed by atoms with van der Waals surface area (Å²) in [6.45, 7) is 8.71. The van der Waals surface area contributed by atoms with Gasteiger partial charge >= 0.3 is 5.97 Å². The number of carbonyl (C=O) groups is 1. The van der Waals surface area contributed by atoms with Crippen molar-refractivity contribution < 1.29 is 9.53 Å². The van der Waals surface area contributed by atoms with Crippen LogP contribution in [0.1, 0.15) is 62.6 Å². The number of esters is 1. The summed E-state index contributed by atoms with van der Waals surface area (Å²) in [7, 11) is 0. The molecule has 0 N–H and O–H groups in total. The molecule has 1 heterocycles. The van der Waals surface area contributed by atoms with E-state index in [0.717, 1.165) is 12.2 Å². The molecule has 1 aromatic rings. The van der Waals surface area contributed by atoms with Gasteiger partial charge in [0.15, 0.2) is 0 Å². The highest BCUT2D eigenvalue weighted by atomic mass is 16.5. The maximum atomic E-state index is 11.4. The molecule has 0 unspecified atom stereocenters. The van der Waals surface area contributed by atoms with Crippen molar-refractivity contribution >= 4 is 5.97 Å². The first kappa shape index (κ1) is 12.2. The van der Waals surface area contributed by atoms with Crippen LogP contribution in [0.2, 0.25) is 0 Å². The first-order valence-corrected chi connectivity index (χ1v) is 6.36. The molecule has 0 radical (unpaired) electrons. The van der Waals surface area contributed by atoms with Crippen molar-refractivity contribution in [2.24, 2.45) is 0 Å². The van der Waals surface area contributed by atoms with Crippen LogP contribution in [0.15, 0.2) is 12.1 Å². The highest BCUT2D eigenvalue weighted by molar-refractivity contribution is 5.76. The van der Waals surface area contributed by atoms with Crippen molar-refractivity contribution in [3.05, 3.63) is 28.8 Å². The first-order valence-electron chi connectivity index (χ1n) is 6.36. The third-order valence-corrected chi connectivity index (χ3v) is 3.36. The van der Waals surface area contributed by atoms with Crippen LogP contribution >= 0.6 is 0 Å². The van der Waals surface area contributed by atoms with Gasteiger partial charge in [-0.05, 0) is 41.0 Å². The van der Waals surface area contributed by atoms with E-state index in [1.165, 1.54) is 16.7 Å². The molecule has 0 aliphatic carbocycles. The van der Waals surface area contributed by atoms with Crippen LogP contribution < -0.4 is 4.74 Å². The van der Waals surface area contributed by atoms with Gasteiger partial charge in [-0.3, -0.25) is 4.79 Å². The smallest absolute Gasteiger partial charge is 0.311 e. The second-order valence-electron chi connectivity index (χ2n) is 5.37. The normalized spacial score (nSPS) is 15.1. The number of ether oxygens (including phenoxy) is 1. The fraction of sp³-hybridized carbons (Fsp3) is 0.533. The molecule has 2 rings (SSSR count). The van der Waals surface area contributed by atoms with E-state index in [0.29, 0.717) is 18.3 Å². The number of hydrogen-bond acceptors (Lipinski definition) is 2. The minimum absolute atomic E-state index is 0.104. The molecule has 0 amide bonds. The van der Waals surface area contributed by atoms with Gasteiger partial charge in [0.2, 0.25) is 0 Å². The number of rotatable bonds is 2. The van der Waals surface area contributed by atoms with Crippen LogP contribution in [0.5, 0.6) is 5.75 Å². The fourth-order valence-corrected chi connectivity index (χ4v) is 2.30. The van der Waals surface area contributed by atoms with Gasteiger partial charge in [-0.15, -0.1) is 0 Å². The fourth-order valence-electron chi connectivity index (χ4n) is 2.30. The molecule has 2 nitrogen and oxygen atoms in total. The van der Waals surface area contributed by atoms with Gasteiger partial charge in [0, 0.05) is 0 Å². The summed E-state index contributed by atoms with van der Waals surface area (Å²) in [6, 6.07) is 4.30. The topological polar surface area (TPSA) is 26.3 Å². The zero-order valence-corrected chi connectivity index (χ0v) is 11.0. The molecule has 0 saturated heterocycles. The SMILES string of the molecule is CC(C)c1cc2c(c(C(C)C)c1)CCC(=O)O2. The molecule has 1 aliphatic heterocycles. The highest BCUT2D eigenvalue weighted by Crippen LogP contribution is 2.35. The van der Waals surface area contributed by atoms with Gasteiger partial charge in [-0.2, -0.15) is 0 Å². The van der Waals surface area contributed by atoms with Crippen molar-refractivity contribution in [3.63, 3.8) is 0 Å². The maximum Gasteiger partial charge on any atom is 0.311 e. The monoisotopic (exact) mass is 232 g/mol. The minimum atomic E-state index is -0.104. The Kier molecular flexibility index (Phi) is 3.23. The van der Waals surface area contributed by atoms with Crippen molar-refractivity contribution in [3.8, 4) is 5.75 Å². The molecule has 1 aromatic carbocycles. The molecule has 0 atom stereocenters. The summed E-state index contributed by atoms with van der Waals surface area (Å²) >= 11 is 0. The summed E-state index contributed by atoms with van der Waals surface area (Å²) in [4.78, 5) is 11.4. The van der Waals surface area contributed by atoms with Gasteiger partial charge in [-0.1, -0.05) is 33.8 Å². The summed E-state index contributed by atoms with van der Waals surface area (Å²) < 4.78 is 5.37. The lowest BCUT2D eigenvalue weighted by Gasteiger charge is -2.23. The molecule has 0 spiro atoms. The summed E-state index contributed by atoms with van der Waals surface area (Å²) in [5, 5.41) is 0. The average Bonchev–Trinajstić information content (AvgIpc) is 2.26. The molecule has 92 valence electrons. The van der Waals surface area contributed by atoms with Gasteiger partial charge in [-0.25, -0.2) is 0 Å². The highest BCUT2D eigenvalue weighted by Gasteiger charge is 2.22. The standard InChI is InChI=1S/C15H20O2/c1-9(2)11-7-13(10(3)4)12-5-6-15(16)17-14(12)8-11/h7-10H,5-6H2,1-4H3. The average molecular weight is 232 g/mol. The first-order chi connectivity index (χ1) is 7.99. The Hall–Kier alpha value is -1.31. The van der Waals surface area contributed by atoms with Crippen molar-refractivity contribution in [1.29, 1.82) is 0 Å². The van der Waals surface area contributed by atoms with Gasteiger partial charge in [0.1, 0.15) is 5.75 Å². The van der Waals surface area contributed by atoms with Gasteiger partial charge in [0.25, 0.3) is 0 Å². The van der Waals surface area contributed by atoms with E-state index >= 15 is 0 Å². The van der Waals surface area contributed by atoms with E-state index in [1.807, 2.05) is 6.07 Å². The van der Waals surface area contributed by atoms with E-state index in [4.69, 9.17) is 4.74 Å². The molecular weight excluding hydrogens is 212 g/mol. The van der Waals surface area contributed by atoms with E-state index in [-0.39, 0.29) is 5.97 Å². The molecular formula is C15H20O2. The lowest BCUT2D eigenvalue weighted by molar-refractivity contribution is -0.135. The Morgan fingerprint density at radius 1 is 1.06 bits per heavy atom. The third-order valence-electron chi connectivity index (χ3n) is 3.36. The van der Waals surface area contributed by atoms with E-state index in [1.54, 1.807) is 0 Å². The van der Waals surface area contributed by atoms with Crippen LogP contribution in [0.25, 0.3) is 0 Å². The number of benzene rings is 1. The molecule has 0 bridgehead atoms. The number of fused-ring (bicyclic) bond motifs is 1. The van der Waals surface area contributed by atoms with E-state index < -0.39 is 0 Å². The summed E-state index contributed by atoms with van der Waals surface area (Å²) in [5.74, 6) is 1.61. The zero-order chi connectivity index (χ0) is 12.6. The van der Waals surface area contributed by atoms with E-state index in [2.05, 4.69) is 33.8 Å². The molecule has 17 heavy (non-hydrogen) atoms. The third kappa shape index (κ3) is 2.36. The second kappa shape index (κ2) is 4.52. The summed E-state index contributed by atoms with van der Waals surface area (Å²) in [6.07, 6.45) is 1.33. The zero-order valence-electron chi connectivity index (χ0n) is 11.0. The van der Waals surface area contributed by atoms with Crippen LogP contribution in [-0.2, 0) is 11.2 Å². The maximum absolute atomic E-state index is 11.4. The molecule has 0 aromatic heterocycles. The minimum Gasteiger partial charge on any atom is -0.426 e. The lowest BCUT2D eigenvalue weighted by Crippen LogP contribution is -2.18. The Bertz CT molecular complexity index is 444. The van der Waals surface area contributed by atoms with Crippen LogP contribution in [0.4, 0.5) is 0 Å². The van der Waals surface area contributed by atoms with E-state index in [9.17, 15) is 4.79 Å². The lowest BCUT2D eigenvalue weighted by atomic mass is 9.88. The number of hydrogen-bond donors (Lipinski definition) is 0. The summed E-state index contributed by atoms with van der Waals surface area (Å²) in [5.41, 5.74) is 3.81. The molecule has 0 saturated carbocycles. The largest absolute Gasteiger partial charge is 0.426 e. The Labute approximate surface area is 103 Å². The quantitative estimate of drug-likeness (QED) is 0.573. The van der Waals surface area contributed by atoms with Crippen LogP contribution in [-0.4, -0.2) is 5.97 Å². The Morgan fingerprint density at radius 2 is 1.76 bits per heavy atom. The molecule has 1 aliphatic rings. The predicted molar refractivity (Wildman–Crippen MR) is 68.6 cm³/mol. The predicted octanol–water partition coefficient (Wildman–Crippen LogP) is 3.79. The van der Waals surface area contributed by atoms with Crippen molar-refractivity contribution in [1.82, 2.24) is 0 Å². The number of carbonyl (C=O) groups excluding carboxylic acids is 1. The van der Waals surface area contributed by atoms with Gasteiger partial charge < -0.3 is 4.74 Å². The van der Waals surface area contributed by atoms with Crippen LogP contribution in [0, 0.1) is 0 Å². The molecule has 2 heteroatoms. The van der Waals surface area contributed by atoms with Crippen molar-refractivity contribution in [2.75, 3.05) is 0 Å². The Balaban J connectivity index is 2.55. The molecule has 0 fully saturated rings. The van der Waals surface area contributed by atoms with Gasteiger partial charge in [0.05, 0.1) is 6.42 Å². The second-order valence-corrected chi connectivity index (χ2v) is 5.37. The Morgan fingerprint density at radius 3 is 2.35 bits per heavy atom.